The van der Waals surface area contributed by atoms with E-state index in [0.29, 0.717) is 23.1 Å². The third-order valence-corrected chi connectivity index (χ3v) is 6.71. The van der Waals surface area contributed by atoms with Crippen molar-refractivity contribution in [1.29, 1.82) is 0 Å². The molecule has 4 rings (SSSR count). The lowest BCUT2D eigenvalue weighted by molar-refractivity contribution is 0.0941. The minimum Gasteiger partial charge on any atom is -0.345 e. The van der Waals surface area contributed by atoms with Crippen molar-refractivity contribution < 1.29 is 13.2 Å². The van der Waals surface area contributed by atoms with Gasteiger partial charge in [0.15, 0.2) is 5.65 Å². The van der Waals surface area contributed by atoms with Crippen LogP contribution in [0.2, 0.25) is 0 Å². The van der Waals surface area contributed by atoms with E-state index in [0.717, 1.165) is 16.1 Å². The van der Waals surface area contributed by atoms with Gasteiger partial charge in [-0.15, -0.1) is 11.3 Å². The van der Waals surface area contributed by atoms with Crippen LogP contribution in [-0.4, -0.2) is 29.1 Å². The number of thiophene rings is 1. The van der Waals surface area contributed by atoms with Gasteiger partial charge in [0.05, 0.1) is 34.6 Å². The monoisotopic (exact) mass is 455 g/mol. The number of aryl methyl sites for hydroxylation is 1. The molecule has 4 aromatic rings. The number of amides is 1. The molecule has 0 fully saturated rings. The molecule has 1 atom stereocenters. The van der Waals surface area contributed by atoms with E-state index in [-0.39, 0.29) is 16.8 Å². The Hall–Kier alpha value is -3.08. The van der Waals surface area contributed by atoms with Crippen LogP contribution in [-0.2, 0) is 16.6 Å². The minimum absolute atomic E-state index is 0.0272. The van der Waals surface area contributed by atoms with Crippen LogP contribution >= 0.6 is 11.3 Å². The summed E-state index contributed by atoms with van der Waals surface area (Å²) in [7, 11) is -3.76. The maximum absolute atomic E-state index is 13.1. The molecule has 0 saturated heterocycles. The molecular formula is C21H21N5O3S2. The lowest BCUT2D eigenvalue weighted by atomic mass is 10.1. The number of sulfonamides is 1. The largest absolute Gasteiger partial charge is 0.345 e. The highest BCUT2D eigenvalue weighted by molar-refractivity contribution is 7.89. The van der Waals surface area contributed by atoms with Gasteiger partial charge < -0.3 is 5.32 Å². The first kappa shape index (κ1) is 21.2. The van der Waals surface area contributed by atoms with Crippen LogP contribution in [0.5, 0.6) is 0 Å². The molecular weight excluding hydrogens is 434 g/mol. The van der Waals surface area contributed by atoms with Gasteiger partial charge in [-0.05, 0) is 49.1 Å². The Morgan fingerprint density at radius 1 is 1.26 bits per heavy atom. The summed E-state index contributed by atoms with van der Waals surface area (Å²) in [6, 6.07) is 11.5. The average Bonchev–Trinajstić information content (AvgIpc) is 3.37. The highest BCUT2D eigenvalue weighted by atomic mass is 32.2. The summed E-state index contributed by atoms with van der Waals surface area (Å²) in [5.74, 6) is -0.255. The van der Waals surface area contributed by atoms with E-state index in [4.69, 9.17) is 5.14 Å². The van der Waals surface area contributed by atoms with E-state index in [1.807, 2.05) is 31.4 Å². The number of pyridine rings is 1. The number of hydrogen-bond donors (Lipinski definition) is 2. The summed E-state index contributed by atoms with van der Waals surface area (Å²) in [4.78, 5) is 18.8. The number of benzene rings is 1. The van der Waals surface area contributed by atoms with Crippen LogP contribution in [0.3, 0.4) is 0 Å². The third-order valence-electron chi connectivity index (χ3n) is 4.92. The Morgan fingerprint density at radius 2 is 2.00 bits per heavy atom. The van der Waals surface area contributed by atoms with Crippen LogP contribution in [0.15, 0.2) is 58.9 Å². The zero-order valence-corrected chi connectivity index (χ0v) is 18.6. The topological polar surface area (TPSA) is 120 Å². The number of carbonyl (C=O) groups excluding carboxylic acids is 1. The zero-order chi connectivity index (χ0) is 22.2. The van der Waals surface area contributed by atoms with E-state index >= 15 is 0 Å². The molecule has 0 aliphatic carbocycles. The number of rotatable bonds is 6. The van der Waals surface area contributed by atoms with Crippen molar-refractivity contribution in [2.24, 2.45) is 5.14 Å². The molecule has 1 aromatic carbocycles. The Kier molecular flexibility index (Phi) is 5.61. The second-order valence-electron chi connectivity index (χ2n) is 7.24. The van der Waals surface area contributed by atoms with Crippen LogP contribution in [0, 0.1) is 6.92 Å². The van der Waals surface area contributed by atoms with Gasteiger partial charge in [-0.3, -0.25) is 4.79 Å². The molecule has 0 aliphatic heterocycles. The van der Waals surface area contributed by atoms with Crippen LogP contribution in [0.1, 0.15) is 39.5 Å². The minimum atomic E-state index is -3.76. The van der Waals surface area contributed by atoms with Crippen LogP contribution in [0.4, 0.5) is 0 Å². The molecule has 3 aromatic heterocycles. The van der Waals surface area contributed by atoms with Crippen molar-refractivity contribution >= 4 is 38.3 Å². The Balaban J connectivity index is 1.59. The van der Waals surface area contributed by atoms with Gasteiger partial charge in [-0.2, -0.15) is 5.10 Å². The summed E-state index contributed by atoms with van der Waals surface area (Å²) in [5, 5.41) is 15.2. The zero-order valence-electron chi connectivity index (χ0n) is 16.9. The predicted octanol–water partition coefficient (Wildman–Crippen LogP) is 2.99. The number of nitrogens with one attached hydrogen (secondary N) is 1. The normalized spacial score (nSPS) is 12.7. The maximum Gasteiger partial charge on any atom is 0.252 e. The highest BCUT2D eigenvalue weighted by Crippen LogP contribution is 2.22. The molecule has 0 aliphatic rings. The molecule has 3 heterocycles. The molecule has 0 radical (unpaired) electrons. The fourth-order valence-corrected chi connectivity index (χ4v) is 4.53. The SMILES string of the molecule is Cc1cc(C(=O)NC(C)c2ccc(S(N)(=O)=O)cc2)c2cnn(Cc3cccs3)c2n1. The number of nitrogens with zero attached hydrogens (tertiary/aromatic N) is 3. The van der Waals surface area contributed by atoms with Crippen LogP contribution < -0.4 is 10.5 Å². The lowest BCUT2D eigenvalue weighted by Gasteiger charge is -2.15. The van der Waals surface area contributed by atoms with Crippen molar-refractivity contribution in [2.45, 2.75) is 31.3 Å². The van der Waals surface area contributed by atoms with Gasteiger partial charge in [0, 0.05) is 10.6 Å². The smallest absolute Gasteiger partial charge is 0.252 e. The van der Waals surface area contributed by atoms with Gasteiger partial charge in [0.1, 0.15) is 0 Å². The fraction of sp³-hybridized carbons (Fsp3) is 0.190. The molecule has 0 spiro atoms. The molecule has 0 saturated carbocycles. The highest BCUT2D eigenvalue weighted by Gasteiger charge is 2.19. The van der Waals surface area contributed by atoms with Crippen molar-refractivity contribution in [3.63, 3.8) is 0 Å². The van der Waals surface area contributed by atoms with Crippen molar-refractivity contribution in [3.8, 4) is 0 Å². The second-order valence-corrected chi connectivity index (χ2v) is 9.83. The molecule has 10 heteroatoms. The Labute approximate surface area is 183 Å². The molecule has 8 nitrogen and oxygen atoms in total. The quantitative estimate of drug-likeness (QED) is 0.463. The predicted molar refractivity (Wildman–Crippen MR) is 119 cm³/mol. The van der Waals surface area contributed by atoms with E-state index < -0.39 is 10.0 Å². The number of carbonyl (C=O) groups is 1. The molecule has 3 N–H and O–H groups in total. The van der Waals surface area contributed by atoms with Crippen LogP contribution in [0.25, 0.3) is 11.0 Å². The van der Waals surface area contributed by atoms with Crippen molar-refractivity contribution in [1.82, 2.24) is 20.1 Å². The van der Waals surface area contributed by atoms with E-state index in [1.165, 1.54) is 12.1 Å². The molecule has 0 bridgehead atoms. The summed E-state index contributed by atoms with van der Waals surface area (Å²) < 4.78 is 24.7. The number of fused-ring (bicyclic) bond motifs is 1. The number of primary sulfonamides is 1. The molecule has 1 unspecified atom stereocenters. The lowest BCUT2D eigenvalue weighted by Crippen LogP contribution is -2.27. The standard InChI is InChI=1S/C21H21N5O3S2/c1-13-10-18(19-11-23-26(20(19)24-13)12-16-4-3-9-30-16)21(27)25-14(2)15-5-7-17(8-6-15)31(22,28)29/h3-11,14H,12H2,1-2H3,(H,25,27)(H2,22,28,29). The Morgan fingerprint density at radius 3 is 2.65 bits per heavy atom. The summed E-state index contributed by atoms with van der Waals surface area (Å²) in [5.41, 5.74) is 2.63. The van der Waals surface area contributed by atoms with Gasteiger partial charge in [0.2, 0.25) is 10.0 Å². The van der Waals surface area contributed by atoms with Gasteiger partial charge in [0.25, 0.3) is 5.91 Å². The Bertz CT molecular complexity index is 1340. The van der Waals surface area contributed by atoms with Crippen molar-refractivity contribution in [2.75, 3.05) is 0 Å². The summed E-state index contributed by atoms with van der Waals surface area (Å²) in [6.07, 6.45) is 1.66. The fourth-order valence-electron chi connectivity index (χ4n) is 3.33. The second kappa shape index (κ2) is 8.22. The maximum atomic E-state index is 13.1. The van der Waals surface area contributed by atoms with Gasteiger partial charge >= 0.3 is 0 Å². The first-order valence-corrected chi connectivity index (χ1v) is 11.9. The molecule has 1 amide bonds. The number of hydrogen-bond acceptors (Lipinski definition) is 6. The third kappa shape index (κ3) is 4.50. The van der Waals surface area contributed by atoms with E-state index in [9.17, 15) is 13.2 Å². The summed E-state index contributed by atoms with van der Waals surface area (Å²) >= 11 is 1.64. The number of nitrogens with two attached hydrogens (primary N) is 1. The summed E-state index contributed by atoms with van der Waals surface area (Å²) in [6.45, 7) is 4.26. The first-order chi connectivity index (χ1) is 14.7. The van der Waals surface area contributed by atoms with E-state index in [2.05, 4.69) is 15.4 Å². The molecule has 160 valence electrons. The van der Waals surface area contributed by atoms with E-state index in [1.54, 1.807) is 40.4 Å². The van der Waals surface area contributed by atoms with Gasteiger partial charge in [-0.25, -0.2) is 23.2 Å². The first-order valence-electron chi connectivity index (χ1n) is 9.51. The molecule has 31 heavy (non-hydrogen) atoms. The van der Waals surface area contributed by atoms with Gasteiger partial charge in [-0.1, -0.05) is 18.2 Å². The average molecular weight is 456 g/mol. The number of aromatic nitrogens is 3. The van der Waals surface area contributed by atoms with Crippen molar-refractivity contribution in [3.05, 3.63) is 75.7 Å².